The number of aromatic carboxylic acids is 2. The highest BCUT2D eigenvalue weighted by atomic mass is 16.4. The molecule has 16 nitrogen and oxygen atoms in total. The van der Waals surface area contributed by atoms with Crippen LogP contribution in [0.15, 0.2) is 339 Å². The van der Waals surface area contributed by atoms with Crippen molar-refractivity contribution < 1.29 is 74.3 Å². The van der Waals surface area contributed by atoms with Gasteiger partial charge >= 0.3 is 11.9 Å². The van der Waals surface area contributed by atoms with Crippen molar-refractivity contribution in [2.45, 2.75) is 130 Å². The number of aryl methyl sites for hydroxylation is 4. The molecule has 8 aliphatic rings. The molecule has 0 aromatic heterocycles. The second-order valence-corrected chi connectivity index (χ2v) is 38.7. The average molecular weight is 1910 g/mol. The van der Waals surface area contributed by atoms with E-state index in [4.69, 9.17) is 35.3 Å². The van der Waals surface area contributed by atoms with Gasteiger partial charge in [0.25, 0.3) is 0 Å². The molecule has 0 unspecified atom stereocenters. The number of rotatable bonds is 26. The molecule has 0 bridgehead atoms. The van der Waals surface area contributed by atoms with Crippen LogP contribution >= 0.6 is 0 Å². The summed E-state index contributed by atoms with van der Waals surface area (Å²) in [5.74, 6) is -3.38. The van der Waals surface area contributed by atoms with Crippen LogP contribution in [0.2, 0.25) is 0 Å². The minimum absolute atomic E-state index is 0.0472. The van der Waals surface area contributed by atoms with E-state index in [1.54, 1.807) is 72.8 Å². The maximum Gasteiger partial charge on any atom is 0.336 e. The molecule has 0 saturated carbocycles. The number of unbranched alkanes of at least 4 members (excludes halogenated alkanes) is 8. The summed E-state index contributed by atoms with van der Waals surface area (Å²) in [6.07, 6.45) is 19.0. The van der Waals surface area contributed by atoms with Gasteiger partial charge in [-0.3, -0.25) is 19.2 Å². The Morgan fingerprint density at radius 3 is 0.925 bits per heavy atom. The third-order valence-electron chi connectivity index (χ3n) is 29.8. The van der Waals surface area contributed by atoms with Gasteiger partial charge in [0, 0.05) is 132 Å². The summed E-state index contributed by atoms with van der Waals surface area (Å²) < 4.78 is 52.1. The predicted molar refractivity (Wildman–Crippen MR) is 582 cm³/mol. The molecule has 2 N–H and O–H groups in total. The van der Waals surface area contributed by atoms with Gasteiger partial charge in [-0.05, 0) is 268 Å². The lowest BCUT2D eigenvalue weighted by atomic mass is 9.86. The smallest absolute Gasteiger partial charge is 0.336 e. The maximum absolute atomic E-state index is 13.8. The van der Waals surface area contributed by atoms with Crippen LogP contribution in [0.4, 0.5) is 0 Å². The van der Waals surface area contributed by atoms with Crippen LogP contribution in [-0.2, 0) is 25.7 Å². The molecular formula is C130H96O16. The lowest BCUT2D eigenvalue weighted by Crippen LogP contribution is -2.10. The highest BCUT2D eigenvalue weighted by molar-refractivity contribution is 6.34. The van der Waals surface area contributed by atoms with Gasteiger partial charge in [0.05, 0.1) is 11.1 Å². The van der Waals surface area contributed by atoms with E-state index < -0.39 is 23.5 Å². The van der Waals surface area contributed by atoms with Gasteiger partial charge < -0.3 is 45.6 Å². The Hall–Kier alpha value is -17.5. The molecule has 16 heteroatoms. The lowest BCUT2D eigenvalue weighted by Gasteiger charge is -2.23. The first-order valence-corrected chi connectivity index (χ1v) is 50.7. The summed E-state index contributed by atoms with van der Waals surface area (Å²) in [7, 11) is 0. The summed E-state index contributed by atoms with van der Waals surface area (Å²) in [5, 5.41) is 34.9. The quantitative estimate of drug-likeness (QED) is 0.0221. The number of carboxylic acid groups (broad SMARTS) is 2. The molecule has 0 amide bonds. The van der Waals surface area contributed by atoms with Gasteiger partial charge in [-0.25, -0.2) is 9.59 Å². The summed E-state index contributed by atoms with van der Waals surface area (Å²) in [6.45, 7) is 9.03. The second-order valence-electron chi connectivity index (χ2n) is 38.7. The fourth-order valence-electron chi connectivity index (χ4n) is 23.0. The number of hydrogen-bond donors (Lipinski definition) is 2. The van der Waals surface area contributed by atoms with E-state index in [1.165, 1.54) is 189 Å². The number of carbonyl (C=O) groups is 6. The topological polar surface area (TPSA) is 248 Å². The zero-order valence-corrected chi connectivity index (χ0v) is 80.8. The first-order valence-electron chi connectivity index (χ1n) is 50.7. The van der Waals surface area contributed by atoms with E-state index in [1.807, 2.05) is 109 Å². The average Bonchev–Trinajstić information content (AvgIpc) is 0.717. The number of hydrogen-bond acceptors (Lipinski definition) is 14. The van der Waals surface area contributed by atoms with Crippen LogP contribution in [0.25, 0.3) is 220 Å². The standard InChI is InChI=1S/C36H18O8.C34H18O4.2C30H30O2/c37-33(19-5-1-3-7-23(19)35(39)40)21-11-15-25-29-17(21)9-13-27-31(29)32-28(43-25)14-10-18-22(12-16-26(44-27)30(18)32)34(38)20-6-2-4-8-24(20)36(41)42;35-33(19-7-3-1-4-8-19)23-13-17-25-29-21(23)11-15-27-31(29)32-28(37-25)16-12-22-24(14-18-26(38-27)30(22)32)34(36)20-9-5-2-6-10-20;1-3-5-7-11-21-17-19-13-9-16-24-25(19)27-28-26-20(14-10-15-23(26)31-29(21)27)18-22(30(28)32-24)12-8-6-4-2;1-3-5-7-9-19-17-22-14-16-24-28-26(22)25(18-19)31-23-15-13-20-11-12-21(10-8-6-4-2)30(32-24)27(20)29(23)28/h1-16H,(H,39,40)(H,41,42);1-18H;9-10,13-18H,3-8,11-12H2,1-2H3;11-18H,3-10H2,1-2H3. The molecular weight excluding hydrogens is 1820 g/mol. The summed E-state index contributed by atoms with van der Waals surface area (Å²) in [5.41, 5.74) is 29.2. The molecule has 0 aliphatic carbocycles. The van der Waals surface area contributed by atoms with Crippen molar-refractivity contribution in [1.29, 1.82) is 0 Å². The number of benzene rings is 20. The van der Waals surface area contributed by atoms with Crippen molar-refractivity contribution in [3.63, 3.8) is 0 Å². The van der Waals surface area contributed by atoms with Gasteiger partial charge in [-0.15, -0.1) is 0 Å². The zero-order chi connectivity index (χ0) is 99.0. The van der Waals surface area contributed by atoms with E-state index >= 15 is 0 Å². The molecule has 0 spiro atoms. The van der Waals surface area contributed by atoms with E-state index in [0.29, 0.717) is 111 Å². The van der Waals surface area contributed by atoms with E-state index in [2.05, 4.69) is 125 Å². The molecule has 0 atom stereocenters. The summed E-state index contributed by atoms with van der Waals surface area (Å²) >= 11 is 0. The van der Waals surface area contributed by atoms with Crippen molar-refractivity contribution in [2.24, 2.45) is 0 Å². The molecule has 0 fully saturated rings. The van der Waals surface area contributed by atoms with E-state index in [9.17, 15) is 39.0 Å². The minimum Gasteiger partial charge on any atom is -0.478 e. The van der Waals surface area contributed by atoms with Gasteiger partial charge in [0.2, 0.25) is 0 Å². The summed E-state index contributed by atoms with van der Waals surface area (Å²) in [6, 6.07) is 94.8. The van der Waals surface area contributed by atoms with E-state index in [-0.39, 0.29) is 33.8 Å². The molecule has 20 aromatic rings. The number of carboxylic acids is 2. The predicted octanol–water partition coefficient (Wildman–Crippen LogP) is 35.4. The summed E-state index contributed by atoms with van der Waals surface area (Å²) in [4.78, 5) is 78.3. The Bertz CT molecular complexity index is 9410. The van der Waals surface area contributed by atoms with Crippen LogP contribution < -0.4 is 0 Å². The Labute approximate surface area is 835 Å². The molecule has 0 radical (unpaired) electrons. The lowest BCUT2D eigenvalue weighted by molar-refractivity contribution is 0.0683. The molecule has 712 valence electrons. The third-order valence-corrected chi connectivity index (χ3v) is 29.8. The van der Waals surface area contributed by atoms with Crippen LogP contribution in [0.5, 0.6) is 0 Å². The highest BCUT2D eigenvalue weighted by Crippen LogP contribution is 2.56. The molecule has 0 saturated heterocycles. The fraction of sp³-hybridized carbons (Fsp3) is 0.154. The van der Waals surface area contributed by atoms with Crippen molar-refractivity contribution in [3.05, 3.63) is 381 Å². The Balaban J connectivity index is 0.000000102. The molecule has 28 rings (SSSR count). The second kappa shape index (κ2) is 36.5. The molecule has 20 aromatic carbocycles. The van der Waals surface area contributed by atoms with Gasteiger partial charge in [-0.1, -0.05) is 231 Å². The fourth-order valence-corrected chi connectivity index (χ4v) is 23.0. The zero-order valence-electron chi connectivity index (χ0n) is 80.8. The van der Waals surface area contributed by atoms with Crippen molar-refractivity contribution >= 4 is 211 Å². The Morgan fingerprint density at radius 2 is 0.514 bits per heavy atom. The third kappa shape index (κ3) is 14.8. The number of ketones is 4. The van der Waals surface area contributed by atoms with Gasteiger partial charge in [0.1, 0.15) is 89.3 Å². The van der Waals surface area contributed by atoms with Gasteiger partial charge in [-0.2, -0.15) is 0 Å². The normalized spacial score (nSPS) is 12.1. The van der Waals surface area contributed by atoms with Crippen molar-refractivity contribution in [2.75, 3.05) is 0 Å². The van der Waals surface area contributed by atoms with Crippen LogP contribution in [-0.4, -0.2) is 45.3 Å². The van der Waals surface area contributed by atoms with Crippen molar-refractivity contribution in [1.82, 2.24) is 0 Å². The Kier molecular flexibility index (Phi) is 22.4. The minimum atomic E-state index is -1.20. The number of carbonyl (C=O) groups excluding carboxylic acids is 4. The molecule has 146 heavy (non-hydrogen) atoms. The van der Waals surface area contributed by atoms with Gasteiger partial charge in [0.15, 0.2) is 23.1 Å². The Morgan fingerprint density at radius 1 is 0.205 bits per heavy atom. The molecule has 8 aliphatic heterocycles. The first kappa shape index (κ1) is 89.8. The largest absolute Gasteiger partial charge is 0.478 e. The van der Waals surface area contributed by atoms with Crippen LogP contribution in [0.3, 0.4) is 0 Å². The van der Waals surface area contributed by atoms with Crippen LogP contribution in [0, 0.1) is 0 Å². The SMILES string of the molecule is CCCCCc1cc2ccc3oc4c(CCCCC)ccc5ccc6oc(c1)c2c3-c6c54.CCCCCc1cc2cccc3oc4c(CCCCC)cc5cccc6oc1c(c23)-c4c56.O=C(O)c1ccccc1C(=O)c1ccc2oc3ccc4c(C(=O)c5ccccc5C(=O)O)ccc5oc6ccc1c2c6-c3c54.O=C(c1ccccc1)c1ccc2oc3ccc4c(C(=O)c5ccccc5)ccc5oc6ccc1c2c6-c3c54. The first-order chi connectivity index (χ1) is 71.6. The van der Waals surface area contributed by atoms with Crippen LogP contribution in [0.1, 0.15) is 211 Å². The maximum atomic E-state index is 13.8. The highest BCUT2D eigenvalue weighted by Gasteiger charge is 2.36. The van der Waals surface area contributed by atoms with Crippen molar-refractivity contribution in [3.8, 4) is 44.5 Å². The molecule has 8 heterocycles. The monoisotopic (exact) mass is 1910 g/mol. The van der Waals surface area contributed by atoms with E-state index in [0.717, 1.165) is 103 Å².